The molecule has 0 aliphatic carbocycles. The van der Waals surface area contributed by atoms with E-state index in [2.05, 4.69) is 15.5 Å². The van der Waals surface area contributed by atoms with Gasteiger partial charge in [0.1, 0.15) is 11.6 Å². The Morgan fingerprint density at radius 2 is 1.30 bits per heavy atom. The number of benzene rings is 3. The lowest BCUT2D eigenvalue weighted by Gasteiger charge is -2.15. The van der Waals surface area contributed by atoms with E-state index in [0.717, 1.165) is 21.0 Å². The molecule has 0 radical (unpaired) electrons. The summed E-state index contributed by atoms with van der Waals surface area (Å²) < 4.78 is 0. The lowest BCUT2D eigenvalue weighted by Crippen LogP contribution is -2.37. The zero-order valence-corrected chi connectivity index (χ0v) is 18.2. The third-order valence-corrected chi connectivity index (χ3v) is 6.28. The van der Waals surface area contributed by atoms with Crippen LogP contribution in [0.5, 0.6) is 0 Å². The van der Waals surface area contributed by atoms with Gasteiger partial charge in [0.25, 0.3) is 11.8 Å². The van der Waals surface area contributed by atoms with E-state index in [1.807, 2.05) is 60.7 Å². The van der Waals surface area contributed by atoms with Gasteiger partial charge in [0, 0.05) is 0 Å². The Balaban J connectivity index is 1.34. The molecule has 162 valence electrons. The largest absolute Gasteiger partial charge is 0.299 e. The molecule has 4 aromatic rings. The van der Waals surface area contributed by atoms with E-state index < -0.39 is 17.7 Å². The first kappa shape index (κ1) is 20.7. The number of anilines is 1. The van der Waals surface area contributed by atoms with Crippen LogP contribution in [0.2, 0.25) is 0 Å². The minimum Gasteiger partial charge on any atom is -0.299 e. The molecule has 7 nitrogen and oxygen atoms in total. The van der Waals surface area contributed by atoms with E-state index in [4.69, 9.17) is 0 Å². The van der Waals surface area contributed by atoms with Crippen LogP contribution in [-0.2, 0) is 4.79 Å². The monoisotopic (exact) mass is 454 g/mol. The van der Waals surface area contributed by atoms with Crippen LogP contribution in [0.15, 0.2) is 84.9 Å². The molecular weight excluding hydrogens is 436 g/mol. The van der Waals surface area contributed by atoms with Crippen LogP contribution in [0.3, 0.4) is 0 Å². The van der Waals surface area contributed by atoms with Crippen molar-refractivity contribution in [3.8, 4) is 0 Å². The van der Waals surface area contributed by atoms with Gasteiger partial charge in [-0.25, -0.2) is 0 Å². The van der Waals surface area contributed by atoms with Crippen molar-refractivity contribution in [2.75, 3.05) is 11.9 Å². The molecular formula is C25H18N4O3S. The molecule has 33 heavy (non-hydrogen) atoms. The average molecular weight is 455 g/mol. The Bertz CT molecular complexity index is 1260. The lowest BCUT2D eigenvalue weighted by atomic mass is 9.92. The maximum absolute atomic E-state index is 12.6. The second-order valence-corrected chi connectivity index (χ2v) is 8.50. The van der Waals surface area contributed by atoms with Gasteiger partial charge in [0.2, 0.25) is 11.0 Å². The van der Waals surface area contributed by atoms with E-state index >= 15 is 0 Å². The van der Waals surface area contributed by atoms with Crippen molar-refractivity contribution in [3.63, 3.8) is 0 Å². The smallest absolute Gasteiger partial charge is 0.262 e. The van der Waals surface area contributed by atoms with Crippen molar-refractivity contribution in [1.29, 1.82) is 0 Å². The molecule has 0 spiro atoms. The van der Waals surface area contributed by atoms with E-state index in [0.29, 0.717) is 16.3 Å². The number of imide groups is 1. The molecule has 2 heterocycles. The molecule has 1 aliphatic rings. The molecule has 1 aromatic heterocycles. The van der Waals surface area contributed by atoms with Gasteiger partial charge in [-0.1, -0.05) is 84.1 Å². The zero-order chi connectivity index (χ0) is 22.8. The maximum atomic E-state index is 12.6. The SMILES string of the molecule is O=C(CN1C(=O)c2ccccc2C1=O)Nc1nnc(C(c2ccccc2)c2ccccc2)s1. The summed E-state index contributed by atoms with van der Waals surface area (Å²) in [5.74, 6) is -1.59. The van der Waals surface area contributed by atoms with Crippen LogP contribution in [0.25, 0.3) is 0 Å². The molecule has 0 saturated carbocycles. The number of carbonyl (C=O) groups is 3. The maximum Gasteiger partial charge on any atom is 0.262 e. The zero-order valence-electron chi connectivity index (χ0n) is 17.3. The number of amides is 3. The molecule has 5 rings (SSSR count). The number of hydrogen-bond donors (Lipinski definition) is 1. The molecule has 0 unspecified atom stereocenters. The average Bonchev–Trinajstić information content (AvgIpc) is 3.39. The Morgan fingerprint density at radius 1 is 0.788 bits per heavy atom. The quantitative estimate of drug-likeness (QED) is 0.446. The third kappa shape index (κ3) is 4.04. The van der Waals surface area contributed by atoms with E-state index in [9.17, 15) is 14.4 Å². The summed E-state index contributed by atoms with van der Waals surface area (Å²) in [4.78, 5) is 38.6. The van der Waals surface area contributed by atoms with Crippen molar-refractivity contribution in [2.45, 2.75) is 5.92 Å². The molecule has 0 saturated heterocycles. The number of hydrogen-bond acceptors (Lipinski definition) is 6. The summed E-state index contributed by atoms with van der Waals surface area (Å²) in [6, 6.07) is 26.4. The van der Waals surface area contributed by atoms with Crippen LogP contribution >= 0.6 is 11.3 Å². The topological polar surface area (TPSA) is 92.3 Å². The van der Waals surface area contributed by atoms with Gasteiger partial charge in [-0.05, 0) is 23.3 Å². The number of nitrogens with zero attached hydrogens (tertiary/aromatic N) is 3. The minimum absolute atomic E-state index is 0.133. The standard InChI is InChI=1S/C25H18N4O3S/c30-20(15-29-23(31)18-13-7-8-14-19(18)24(29)32)26-25-28-27-22(33-25)21(16-9-3-1-4-10-16)17-11-5-2-6-12-17/h1-14,21H,15H2,(H,26,28,30). The first-order chi connectivity index (χ1) is 16.1. The van der Waals surface area contributed by atoms with Gasteiger partial charge < -0.3 is 0 Å². The van der Waals surface area contributed by atoms with Gasteiger partial charge in [-0.15, -0.1) is 10.2 Å². The van der Waals surface area contributed by atoms with E-state index in [1.165, 1.54) is 11.3 Å². The predicted molar refractivity (Wildman–Crippen MR) is 124 cm³/mol. The van der Waals surface area contributed by atoms with E-state index in [1.54, 1.807) is 24.3 Å². The van der Waals surface area contributed by atoms with Crippen LogP contribution in [-0.4, -0.2) is 39.4 Å². The van der Waals surface area contributed by atoms with Crippen LogP contribution < -0.4 is 5.32 Å². The number of aromatic nitrogens is 2. The van der Waals surface area contributed by atoms with Gasteiger partial charge in [-0.2, -0.15) is 0 Å². The Labute approximate surface area is 193 Å². The molecule has 0 atom stereocenters. The molecule has 1 aliphatic heterocycles. The van der Waals surface area contributed by atoms with Crippen molar-refractivity contribution in [3.05, 3.63) is 112 Å². The van der Waals surface area contributed by atoms with Gasteiger partial charge >= 0.3 is 0 Å². The van der Waals surface area contributed by atoms with E-state index in [-0.39, 0.29) is 12.5 Å². The van der Waals surface area contributed by atoms with Crippen LogP contribution in [0.1, 0.15) is 42.8 Å². The van der Waals surface area contributed by atoms with Gasteiger partial charge in [0.05, 0.1) is 17.0 Å². The molecule has 0 fully saturated rings. The highest BCUT2D eigenvalue weighted by Crippen LogP contribution is 2.34. The molecule has 3 aromatic carbocycles. The van der Waals surface area contributed by atoms with Crippen molar-refractivity contribution < 1.29 is 14.4 Å². The fourth-order valence-corrected chi connectivity index (χ4v) is 4.77. The normalized spacial score (nSPS) is 12.8. The fourth-order valence-electron chi connectivity index (χ4n) is 3.86. The van der Waals surface area contributed by atoms with Gasteiger partial charge in [-0.3, -0.25) is 24.6 Å². The van der Waals surface area contributed by atoms with Gasteiger partial charge in [0.15, 0.2) is 0 Å². The molecule has 3 amide bonds. The van der Waals surface area contributed by atoms with Crippen molar-refractivity contribution >= 4 is 34.2 Å². The molecule has 0 bridgehead atoms. The summed E-state index contributed by atoms with van der Waals surface area (Å²) in [5, 5.41) is 12.2. The third-order valence-electron chi connectivity index (χ3n) is 5.38. The second-order valence-electron chi connectivity index (χ2n) is 7.49. The molecule has 1 N–H and O–H groups in total. The Hall–Kier alpha value is -4.17. The first-order valence-electron chi connectivity index (χ1n) is 10.3. The highest BCUT2D eigenvalue weighted by atomic mass is 32.1. The number of nitrogens with one attached hydrogen (secondary N) is 1. The second kappa shape index (κ2) is 8.76. The van der Waals surface area contributed by atoms with Crippen LogP contribution in [0, 0.1) is 0 Å². The van der Waals surface area contributed by atoms with Crippen LogP contribution in [0.4, 0.5) is 5.13 Å². The molecule has 8 heteroatoms. The summed E-state index contributed by atoms with van der Waals surface area (Å²) in [6.45, 7) is -0.387. The fraction of sp³-hybridized carbons (Fsp3) is 0.0800. The van der Waals surface area contributed by atoms with Crippen molar-refractivity contribution in [1.82, 2.24) is 15.1 Å². The predicted octanol–water partition coefficient (Wildman–Crippen LogP) is 3.95. The Kier molecular flexibility index (Phi) is 5.50. The first-order valence-corrected chi connectivity index (χ1v) is 11.1. The highest BCUT2D eigenvalue weighted by Gasteiger charge is 2.36. The minimum atomic E-state index is -0.511. The summed E-state index contributed by atoms with van der Waals surface area (Å²) in [5.41, 5.74) is 2.73. The number of carbonyl (C=O) groups excluding carboxylic acids is 3. The summed E-state index contributed by atoms with van der Waals surface area (Å²) in [7, 11) is 0. The number of rotatable bonds is 6. The van der Waals surface area contributed by atoms with Crippen molar-refractivity contribution in [2.24, 2.45) is 0 Å². The highest BCUT2D eigenvalue weighted by molar-refractivity contribution is 7.15. The number of fused-ring (bicyclic) bond motifs is 1. The summed E-state index contributed by atoms with van der Waals surface area (Å²) in [6.07, 6.45) is 0. The lowest BCUT2D eigenvalue weighted by molar-refractivity contribution is -0.116. The summed E-state index contributed by atoms with van der Waals surface area (Å²) >= 11 is 1.26. The Morgan fingerprint density at radius 3 is 1.85 bits per heavy atom.